The second-order valence-corrected chi connectivity index (χ2v) is 7.89. The summed E-state index contributed by atoms with van der Waals surface area (Å²) in [5, 5.41) is 42.1. The maximum absolute atomic E-state index is 12.8. The largest absolute Gasteiger partial charge is 0.481 e. The monoisotopic (exact) mass is 490 g/mol. The van der Waals surface area contributed by atoms with E-state index in [-0.39, 0.29) is 12.3 Å². The Morgan fingerprint density at radius 2 is 1.15 bits per heavy atom. The quantitative estimate of drug-likeness (QED) is 0.114. The topological polar surface area (TPSA) is 263 Å². The van der Waals surface area contributed by atoms with Gasteiger partial charge in [-0.05, 0) is 18.8 Å². The van der Waals surface area contributed by atoms with Gasteiger partial charge in [0.15, 0.2) is 0 Å². The van der Waals surface area contributed by atoms with Crippen molar-refractivity contribution in [2.24, 2.45) is 11.7 Å². The summed E-state index contributed by atoms with van der Waals surface area (Å²) in [6, 6.07) is -6.15. The summed E-state index contributed by atoms with van der Waals surface area (Å²) >= 11 is 0. The van der Waals surface area contributed by atoms with Crippen LogP contribution in [0.5, 0.6) is 0 Å². The Kier molecular flexibility index (Phi) is 12.8. The van der Waals surface area contributed by atoms with E-state index in [4.69, 9.17) is 26.2 Å². The summed E-state index contributed by atoms with van der Waals surface area (Å²) in [6.07, 6.45) is -2.65. The summed E-state index contributed by atoms with van der Waals surface area (Å²) in [5.74, 6) is -8.99. The van der Waals surface area contributed by atoms with E-state index in [1.165, 1.54) is 0 Å². The number of carbonyl (C=O) groups is 7. The number of nitrogens with two attached hydrogens (primary N) is 1. The smallest absolute Gasteiger partial charge is 0.326 e. The fourth-order valence-electron chi connectivity index (χ4n) is 2.72. The first-order valence-electron chi connectivity index (χ1n) is 10.2. The molecule has 3 amide bonds. The van der Waals surface area contributed by atoms with Crippen molar-refractivity contribution in [3.63, 3.8) is 0 Å². The van der Waals surface area contributed by atoms with E-state index < -0.39 is 91.4 Å². The van der Waals surface area contributed by atoms with E-state index in [2.05, 4.69) is 10.6 Å². The molecule has 192 valence electrons. The molecule has 0 rings (SSSR count). The highest BCUT2D eigenvalue weighted by atomic mass is 16.4. The molecule has 0 radical (unpaired) electrons. The van der Waals surface area contributed by atoms with E-state index in [9.17, 15) is 33.6 Å². The molecule has 4 atom stereocenters. The second kappa shape index (κ2) is 14.4. The highest BCUT2D eigenvalue weighted by Gasteiger charge is 2.32. The van der Waals surface area contributed by atoms with Gasteiger partial charge >= 0.3 is 23.9 Å². The van der Waals surface area contributed by atoms with Crippen LogP contribution in [-0.4, -0.2) is 86.2 Å². The van der Waals surface area contributed by atoms with Crippen LogP contribution < -0.4 is 21.7 Å². The number of amides is 3. The lowest BCUT2D eigenvalue weighted by molar-refractivity contribution is -0.147. The minimum absolute atomic E-state index is 0.00485. The molecule has 0 aliphatic carbocycles. The first-order valence-corrected chi connectivity index (χ1v) is 10.2. The molecule has 4 unspecified atom stereocenters. The van der Waals surface area contributed by atoms with E-state index in [1.807, 2.05) is 5.32 Å². The number of aliphatic carboxylic acids is 4. The van der Waals surface area contributed by atoms with Crippen LogP contribution in [0, 0.1) is 5.92 Å². The van der Waals surface area contributed by atoms with Gasteiger partial charge in [-0.15, -0.1) is 0 Å². The number of rotatable bonds is 16. The summed E-state index contributed by atoms with van der Waals surface area (Å²) < 4.78 is 0. The molecule has 34 heavy (non-hydrogen) atoms. The fraction of sp³-hybridized carbons (Fsp3) is 0.632. The molecule has 0 saturated heterocycles. The van der Waals surface area contributed by atoms with Crippen molar-refractivity contribution < 1.29 is 54.0 Å². The molecule has 0 fully saturated rings. The van der Waals surface area contributed by atoms with Crippen molar-refractivity contribution in [2.75, 3.05) is 0 Å². The molecule has 0 aromatic rings. The Bertz CT molecular complexity index is 799. The summed E-state index contributed by atoms with van der Waals surface area (Å²) in [5.41, 5.74) is 5.45. The van der Waals surface area contributed by atoms with Crippen LogP contribution in [0.3, 0.4) is 0 Å². The third-order valence-electron chi connectivity index (χ3n) is 4.34. The highest BCUT2D eigenvalue weighted by molar-refractivity contribution is 5.95. The minimum Gasteiger partial charge on any atom is -0.481 e. The molecule has 0 aliphatic rings. The lowest BCUT2D eigenvalue weighted by Crippen LogP contribution is -2.57. The van der Waals surface area contributed by atoms with Gasteiger partial charge in [0.1, 0.15) is 18.1 Å². The first kappa shape index (κ1) is 30.2. The van der Waals surface area contributed by atoms with Crippen molar-refractivity contribution >= 4 is 41.6 Å². The Morgan fingerprint density at radius 3 is 1.59 bits per heavy atom. The summed E-state index contributed by atoms with van der Waals surface area (Å²) in [4.78, 5) is 81.2. The average molecular weight is 490 g/mol. The van der Waals surface area contributed by atoms with E-state index >= 15 is 0 Å². The van der Waals surface area contributed by atoms with E-state index in [0.29, 0.717) is 0 Å². The molecule has 9 N–H and O–H groups in total. The predicted octanol–water partition coefficient (Wildman–Crippen LogP) is -2.29. The zero-order valence-electron chi connectivity index (χ0n) is 18.6. The van der Waals surface area contributed by atoms with Gasteiger partial charge in [-0.2, -0.15) is 0 Å². The van der Waals surface area contributed by atoms with Crippen LogP contribution >= 0.6 is 0 Å². The molecule has 0 aliphatic heterocycles. The lowest BCUT2D eigenvalue weighted by Gasteiger charge is -2.25. The Balaban J connectivity index is 5.60. The molecule has 0 heterocycles. The van der Waals surface area contributed by atoms with Crippen molar-refractivity contribution in [1.29, 1.82) is 0 Å². The van der Waals surface area contributed by atoms with E-state index in [0.717, 1.165) is 0 Å². The van der Waals surface area contributed by atoms with Crippen LogP contribution in [-0.2, 0) is 33.6 Å². The normalized spacial score (nSPS) is 14.2. The highest BCUT2D eigenvalue weighted by Crippen LogP contribution is 2.08. The van der Waals surface area contributed by atoms with Crippen LogP contribution in [0.2, 0.25) is 0 Å². The van der Waals surface area contributed by atoms with Crippen molar-refractivity contribution in [3.8, 4) is 0 Å². The summed E-state index contributed by atoms with van der Waals surface area (Å²) in [7, 11) is 0. The minimum atomic E-state index is -1.77. The van der Waals surface area contributed by atoms with Crippen LogP contribution in [0.1, 0.15) is 46.0 Å². The van der Waals surface area contributed by atoms with Crippen molar-refractivity contribution in [1.82, 2.24) is 16.0 Å². The van der Waals surface area contributed by atoms with Crippen LogP contribution in [0.25, 0.3) is 0 Å². The average Bonchev–Trinajstić information content (AvgIpc) is 2.68. The Hall–Kier alpha value is -3.75. The molecule has 15 nitrogen and oxygen atoms in total. The number of carbonyl (C=O) groups excluding carboxylic acids is 3. The van der Waals surface area contributed by atoms with Crippen molar-refractivity contribution in [2.45, 2.75) is 70.1 Å². The Labute approximate surface area is 194 Å². The SMILES string of the molecule is CC(C)CC(NC(=O)C(CCC(=O)O)NC(=O)C(N)CC(=O)O)C(=O)NC(CC(=O)O)C(=O)O. The van der Waals surface area contributed by atoms with Gasteiger partial charge < -0.3 is 42.1 Å². The maximum atomic E-state index is 12.8. The molecule has 0 bridgehead atoms. The number of carboxylic acids is 4. The fourth-order valence-corrected chi connectivity index (χ4v) is 2.72. The van der Waals surface area contributed by atoms with Gasteiger partial charge in [0, 0.05) is 6.42 Å². The molecule has 0 aromatic heterocycles. The zero-order chi connectivity index (χ0) is 26.6. The number of hydrogen-bond acceptors (Lipinski definition) is 8. The third-order valence-corrected chi connectivity index (χ3v) is 4.34. The predicted molar refractivity (Wildman–Crippen MR) is 112 cm³/mol. The van der Waals surface area contributed by atoms with Crippen LogP contribution in [0.15, 0.2) is 0 Å². The van der Waals surface area contributed by atoms with Gasteiger partial charge in [-0.3, -0.25) is 28.8 Å². The second-order valence-electron chi connectivity index (χ2n) is 7.89. The standard InChI is InChI=1S/C19H30N4O11/c1-8(2)5-11(18(32)23-12(19(33)34)7-15(28)29)22-17(31)10(3-4-13(24)25)21-16(30)9(20)6-14(26)27/h8-12H,3-7,20H2,1-2H3,(H,21,30)(H,22,31)(H,23,32)(H,24,25)(H,26,27)(H,28,29)(H,33,34). The molecule has 0 spiro atoms. The zero-order valence-corrected chi connectivity index (χ0v) is 18.6. The number of hydrogen-bond donors (Lipinski definition) is 8. The van der Waals surface area contributed by atoms with Gasteiger partial charge in [0.2, 0.25) is 17.7 Å². The number of nitrogens with one attached hydrogen (secondary N) is 3. The maximum Gasteiger partial charge on any atom is 0.326 e. The van der Waals surface area contributed by atoms with Gasteiger partial charge in [0.05, 0.1) is 18.9 Å². The lowest BCUT2D eigenvalue weighted by atomic mass is 10.0. The molecule has 0 aromatic carbocycles. The number of carboxylic acid groups (broad SMARTS) is 4. The van der Waals surface area contributed by atoms with Crippen molar-refractivity contribution in [3.05, 3.63) is 0 Å². The van der Waals surface area contributed by atoms with Crippen LogP contribution in [0.4, 0.5) is 0 Å². The van der Waals surface area contributed by atoms with Gasteiger partial charge in [0.25, 0.3) is 0 Å². The van der Waals surface area contributed by atoms with Gasteiger partial charge in [-0.25, -0.2) is 4.79 Å². The molecular weight excluding hydrogens is 460 g/mol. The molecule has 0 saturated carbocycles. The van der Waals surface area contributed by atoms with E-state index in [1.54, 1.807) is 13.8 Å². The molecule has 15 heteroatoms. The first-order chi connectivity index (χ1) is 15.6. The van der Waals surface area contributed by atoms with Gasteiger partial charge in [-0.1, -0.05) is 13.8 Å². The Morgan fingerprint density at radius 1 is 0.676 bits per heavy atom. The molecular formula is C19H30N4O11. The third kappa shape index (κ3) is 12.3. The summed E-state index contributed by atoms with van der Waals surface area (Å²) in [6.45, 7) is 3.37.